The highest BCUT2D eigenvalue weighted by Crippen LogP contribution is 2.26. The van der Waals surface area contributed by atoms with Crippen LogP contribution in [0.4, 0.5) is 0 Å². The maximum absolute atomic E-state index is 12.0. The van der Waals surface area contributed by atoms with Crippen molar-refractivity contribution in [3.8, 4) is 6.07 Å². The van der Waals surface area contributed by atoms with Crippen molar-refractivity contribution in [3.05, 3.63) is 15.8 Å². The van der Waals surface area contributed by atoms with Crippen LogP contribution in [0.2, 0.25) is 0 Å². The Balaban J connectivity index is 3.10. The standard InChI is InChI=1S/C10H12N2O4S2/c1-6(3-11)4-12-18(15,16)9-7(2)5-17-8(9)10(13)14/h5-6,12H,4H2,1-2H3,(H,13,14). The van der Waals surface area contributed by atoms with E-state index in [1.165, 1.54) is 12.3 Å². The highest BCUT2D eigenvalue weighted by molar-refractivity contribution is 7.89. The van der Waals surface area contributed by atoms with Crippen LogP contribution in [0.15, 0.2) is 10.3 Å². The second-order valence-corrected chi connectivity index (χ2v) is 6.35. The van der Waals surface area contributed by atoms with E-state index in [-0.39, 0.29) is 16.3 Å². The second-order valence-electron chi connectivity index (χ2n) is 3.76. The van der Waals surface area contributed by atoms with Gasteiger partial charge in [-0.15, -0.1) is 11.3 Å². The van der Waals surface area contributed by atoms with Crippen LogP contribution in [0.3, 0.4) is 0 Å². The molecule has 98 valence electrons. The first-order chi connectivity index (χ1) is 8.29. The van der Waals surface area contributed by atoms with Gasteiger partial charge in [-0.2, -0.15) is 5.26 Å². The third-order valence-electron chi connectivity index (χ3n) is 2.18. The van der Waals surface area contributed by atoms with Gasteiger partial charge in [-0.3, -0.25) is 0 Å². The lowest BCUT2D eigenvalue weighted by Crippen LogP contribution is -2.29. The fourth-order valence-corrected chi connectivity index (χ4v) is 4.02. The molecule has 0 aliphatic rings. The van der Waals surface area contributed by atoms with E-state index in [1.54, 1.807) is 6.92 Å². The molecule has 0 aliphatic carbocycles. The minimum atomic E-state index is -3.90. The van der Waals surface area contributed by atoms with E-state index < -0.39 is 21.9 Å². The number of aryl methyl sites for hydroxylation is 1. The van der Waals surface area contributed by atoms with Crippen LogP contribution in [0, 0.1) is 24.2 Å². The van der Waals surface area contributed by atoms with Crippen LogP contribution in [0.25, 0.3) is 0 Å². The van der Waals surface area contributed by atoms with Gasteiger partial charge in [0.15, 0.2) is 0 Å². The molecule has 1 atom stereocenters. The number of sulfonamides is 1. The van der Waals surface area contributed by atoms with E-state index in [9.17, 15) is 13.2 Å². The molecule has 8 heteroatoms. The predicted molar refractivity (Wildman–Crippen MR) is 66.0 cm³/mol. The van der Waals surface area contributed by atoms with E-state index in [1.807, 2.05) is 6.07 Å². The lowest BCUT2D eigenvalue weighted by atomic mass is 10.2. The fraction of sp³-hybridized carbons (Fsp3) is 0.400. The number of aromatic carboxylic acids is 1. The number of thiophene rings is 1. The number of rotatable bonds is 5. The van der Waals surface area contributed by atoms with E-state index in [0.717, 1.165) is 11.3 Å². The summed E-state index contributed by atoms with van der Waals surface area (Å²) in [7, 11) is -3.90. The summed E-state index contributed by atoms with van der Waals surface area (Å²) >= 11 is 0.867. The Labute approximate surface area is 109 Å². The molecule has 1 unspecified atom stereocenters. The number of carboxylic acid groups (broad SMARTS) is 1. The Morgan fingerprint density at radius 3 is 2.78 bits per heavy atom. The van der Waals surface area contributed by atoms with Crippen molar-refractivity contribution in [2.75, 3.05) is 6.54 Å². The van der Waals surface area contributed by atoms with Gasteiger partial charge < -0.3 is 5.11 Å². The van der Waals surface area contributed by atoms with Crippen molar-refractivity contribution in [1.82, 2.24) is 4.72 Å². The summed E-state index contributed by atoms with van der Waals surface area (Å²) in [5.74, 6) is -1.76. The molecule has 0 bridgehead atoms. The number of hydrogen-bond donors (Lipinski definition) is 2. The van der Waals surface area contributed by atoms with Gasteiger partial charge in [0.05, 0.1) is 12.0 Å². The molecule has 0 radical (unpaired) electrons. The molecule has 1 heterocycles. The number of carboxylic acids is 1. The summed E-state index contributed by atoms with van der Waals surface area (Å²) in [6.45, 7) is 3.06. The molecule has 0 spiro atoms. The number of nitriles is 1. The summed E-state index contributed by atoms with van der Waals surface area (Å²) < 4.78 is 26.2. The Bertz CT molecular complexity index is 598. The van der Waals surface area contributed by atoms with Gasteiger partial charge in [-0.25, -0.2) is 17.9 Å². The van der Waals surface area contributed by atoms with Gasteiger partial charge in [0.1, 0.15) is 9.77 Å². The zero-order valence-corrected chi connectivity index (χ0v) is 11.4. The van der Waals surface area contributed by atoms with Crippen LogP contribution in [-0.2, 0) is 10.0 Å². The number of carbonyl (C=O) groups is 1. The first-order valence-electron chi connectivity index (χ1n) is 5.00. The smallest absolute Gasteiger partial charge is 0.347 e. The summed E-state index contributed by atoms with van der Waals surface area (Å²) in [5.41, 5.74) is 0.384. The minimum Gasteiger partial charge on any atom is -0.477 e. The molecule has 18 heavy (non-hydrogen) atoms. The third-order valence-corrected chi connectivity index (χ3v) is 5.01. The zero-order valence-electron chi connectivity index (χ0n) is 9.80. The lowest BCUT2D eigenvalue weighted by molar-refractivity contribution is 0.0698. The zero-order chi connectivity index (χ0) is 13.9. The van der Waals surface area contributed by atoms with Crippen LogP contribution in [0.5, 0.6) is 0 Å². The van der Waals surface area contributed by atoms with Crippen molar-refractivity contribution in [2.24, 2.45) is 5.92 Å². The molecule has 0 saturated heterocycles. The van der Waals surface area contributed by atoms with Gasteiger partial charge in [-0.05, 0) is 24.8 Å². The average molecular weight is 288 g/mol. The predicted octanol–water partition coefficient (Wildman–Crippen LogP) is 1.19. The molecule has 1 rings (SSSR count). The van der Waals surface area contributed by atoms with Gasteiger partial charge in [-0.1, -0.05) is 0 Å². The molecule has 6 nitrogen and oxygen atoms in total. The number of hydrogen-bond acceptors (Lipinski definition) is 5. The maximum atomic E-state index is 12.0. The molecule has 0 aliphatic heterocycles. The maximum Gasteiger partial charge on any atom is 0.347 e. The molecule has 2 N–H and O–H groups in total. The minimum absolute atomic E-state index is 0.0484. The fourth-order valence-electron chi connectivity index (χ4n) is 1.27. The Morgan fingerprint density at radius 1 is 1.67 bits per heavy atom. The first kappa shape index (κ1) is 14.6. The molecular weight excluding hydrogens is 276 g/mol. The topological polar surface area (TPSA) is 107 Å². The van der Waals surface area contributed by atoms with Gasteiger partial charge in [0, 0.05) is 6.54 Å². The van der Waals surface area contributed by atoms with Gasteiger partial charge in [0.25, 0.3) is 0 Å². The molecule has 0 amide bonds. The van der Waals surface area contributed by atoms with Crippen molar-refractivity contribution >= 4 is 27.3 Å². The van der Waals surface area contributed by atoms with E-state index >= 15 is 0 Å². The van der Waals surface area contributed by atoms with E-state index in [0.29, 0.717) is 5.56 Å². The highest BCUT2D eigenvalue weighted by Gasteiger charge is 2.26. The van der Waals surface area contributed by atoms with Crippen LogP contribution in [-0.4, -0.2) is 26.0 Å². The average Bonchev–Trinajstić information content (AvgIpc) is 2.69. The molecule has 0 fully saturated rings. The SMILES string of the molecule is Cc1csc(C(=O)O)c1S(=O)(=O)NCC(C)C#N. The molecule has 0 saturated carbocycles. The molecule has 1 aromatic rings. The monoisotopic (exact) mass is 288 g/mol. The first-order valence-corrected chi connectivity index (χ1v) is 7.36. The van der Waals surface area contributed by atoms with Crippen LogP contribution in [0.1, 0.15) is 22.2 Å². The van der Waals surface area contributed by atoms with Crippen LogP contribution >= 0.6 is 11.3 Å². The molecular formula is C10H12N2O4S2. The van der Waals surface area contributed by atoms with Crippen molar-refractivity contribution in [3.63, 3.8) is 0 Å². The summed E-state index contributed by atoms with van der Waals surface area (Å²) in [4.78, 5) is 10.5. The molecule has 0 aromatic carbocycles. The summed E-state index contributed by atoms with van der Waals surface area (Å²) in [6.07, 6.45) is 0. The Hall–Kier alpha value is -1.43. The van der Waals surface area contributed by atoms with Crippen LogP contribution < -0.4 is 4.72 Å². The lowest BCUT2D eigenvalue weighted by Gasteiger charge is -2.08. The Kier molecular flexibility index (Phi) is 4.45. The third kappa shape index (κ3) is 3.07. The second kappa shape index (κ2) is 5.48. The van der Waals surface area contributed by atoms with E-state index in [2.05, 4.69) is 4.72 Å². The van der Waals surface area contributed by atoms with E-state index in [4.69, 9.17) is 10.4 Å². The largest absolute Gasteiger partial charge is 0.477 e. The number of nitrogens with zero attached hydrogens (tertiary/aromatic N) is 1. The van der Waals surface area contributed by atoms with Gasteiger partial charge >= 0.3 is 5.97 Å². The quantitative estimate of drug-likeness (QED) is 0.846. The normalized spacial score (nSPS) is 12.9. The van der Waals surface area contributed by atoms with Crippen molar-refractivity contribution in [1.29, 1.82) is 5.26 Å². The van der Waals surface area contributed by atoms with Crippen molar-refractivity contribution in [2.45, 2.75) is 18.7 Å². The number of nitrogens with one attached hydrogen (secondary N) is 1. The van der Waals surface area contributed by atoms with Gasteiger partial charge in [0.2, 0.25) is 10.0 Å². The van der Waals surface area contributed by atoms with Crippen molar-refractivity contribution < 1.29 is 18.3 Å². The summed E-state index contributed by atoms with van der Waals surface area (Å²) in [6, 6.07) is 1.89. The summed E-state index contributed by atoms with van der Waals surface area (Å²) in [5, 5.41) is 19.0. The Morgan fingerprint density at radius 2 is 2.28 bits per heavy atom. The highest BCUT2D eigenvalue weighted by atomic mass is 32.2. The molecule has 1 aromatic heterocycles.